The second kappa shape index (κ2) is 6.48. The van der Waals surface area contributed by atoms with E-state index in [2.05, 4.69) is 4.98 Å². The monoisotopic (exact) mass is 383 g/mol. The van der Waals surface area contributed by atoms with Crippen molar-refractivity contribution < 1.29 is 13.5 Å². The lowest BCUT2D eigenvalue weighted by atomic mass is 10.0. The van der Waals surface area contributed by atoms with Crippen molar-refractivity contribution in [1.82, 2.24) is 4.98 Å². The Morgan fingerprint density at radius 1 is 1.11 bits per heavy atom. The molecule has 5 nitrogen and oxygen atoms in total. The van der Waals surface area contributed by atoms with Crippen molar-refractivity contribution in [2.75, 3.05) is 18.6 Å². The molecule has 0 aliphatic heterocycles. The minimum atomic E-state index is -0.503. The van der Waals surface area contributed by atoms with Gasteiger partial charge in [-0.15, -0.1) is 0 Å². The molecule has 0 fully saturated rings. The predicted octanol–water partition coefficient (Wildman–Crippen LogP) is 5.13. The zero-order valence-electron chi connectivity index (χ0n) is 14.3. The van der Waals surface area contributed by atoms with Crippen molar-refractivity contribution in [3.8, 4) is 28.1 Å². The highest BCUT2D eigenvalue weighted by molar-refractivity contribution is 6.31. The van der Waals surface area contributed by atoms with Crippen LogP contribution in [0.4, 0.5) is 16.0 Å². The van der Waals surface area contributed by atoms with Crippen molar-refractivity contribution in [2.45, 2.75) is 0 Å². The van der Waals surface area contributed by atoms with Crippen LogP contribution in [-0.2, 0) is 0 Å². The first-order chi connectivity index (χ1) is 13.0. The summed E-state index contributed by atoms with van der Waals surface area (Å²) in [5.74, 6) is 0.276. The summed E-state index contributed by atoms with van der Waals surface area (Å²) in [7, 11) is 1.59. The SMILES string of the molecule is COc1cccc(-c2ncc(-c3ccc(F)c(Cl)c3)c3c(N)c(N)oc23)c1. The Balaban J connectivity index is 2.00. The molecular formula is C20H15ClFN3O2. The molecule has 27 heavy (non-hydrogen) atoms. The molecule has 0 aliphatic carbocycles. The Morgan fingerprint density at radius 2 is 1.93 bits per heavy atom. The molecule has 136 valence electrons. The van der Waals surface area contributed by atoms with Crippen LogP contribution in [0.1, 0.15) is 0 Å². The summed E-state index contributed by atoms with van der Waals surface area (Å²) in [5.41, 5.74) is 15.5. The van der Waals surface area contributed by atoms with Gasteiger partial charge in [-0.25, -0.2) is 4.39 Å². The quantitative estimate of drug-likeness (QED) is 0.512. The van der Waals surface area contributed by atoms with Gasteiger partial charge in [0.15, 0.2) is 5.58 Å². The molecule has 0 aliphatic rings. The lowest BCUT2D eigenvalue weighted by Gasteiger charge is -2.09. The molecule has 0 saturated carbocycles. The number of nitrogens with two attached hydrogens (primary N) is 2. The van der Waals surface area contributed by atoms with Crippen LogP contribution in [0.5, 0.6) is 5.75 Å². The van der Waals surface area contributed by atoms with Gasteiger partial charge in [0.2, 0.25) is 5.88 Å². The first-order valence-electron chi connectivity index (χ1n) is 8.06. The van der Waals surface area contributed by atoms with Crippen LogP contribution < -0.4 is 16.2 Å². The number of benzene rings is 2. The highest BCUT2D eigenvalue weighted by Gasteiger charge is 2.20. The van der Waals surface area contributed by atoms with Crippen LogP contribution in [-0.4, -0.2) is 12.1 Å². The Morgan fingerprint density at radius 3 is 2.67 bits per heavy atom. The number of anilines is 2. The van der Waals surface area contributed by atoms with Crippen molar-refractivity contribution in [1.29, 1.82) is 0 Å². The van der Waals surface area contributed by atoms with Gasteiger partial charge in [-0.3, -0.25) is 4.98 Å². The molecule has 0 bridgehead atoms. The van der Waals surface area contributed by atoms with Crippen LogP contribution >= 0.6 is 11.6 Å². The number of furan rings is 1. The smallest absolute Gasteiger partial charge is 0.215 e. The fourth-order valence-corrected chi connectivity index (χ4v) is 3.19. The number of aromatic nitrogens is 1. The Kier molecular flexibility index (Phi) is 4.12. The topological polar surface area (TPSA) is 87.3 Å². The number of ether oxygens (including phenoxy) is 1. The summed E-state index contributed by atoms with van der Waals surface area (Å²) < 4.78 is 24.5. The fraction of sp³-hybridized carbons (Fsp3) is 0.0500. The third-order valence-corrected chi connectivity index (χ3v) is 4.64. The van der Waals surface area contributed by atoms with Crippen LogP contribution in [0.15, 0.2) is 53.1 Å². The summed E-state index contributed by atoms with van der Waals surface area (Å²) in [6, 6.07) is 11.8. The predicted molar refractivity (Wildman–Crippen MR) is 105 cm³/mol. The number of halogens is 2. The van der Waals surface area contributed by atoms with Gasteiger partial charge in [0.05, 0.1) is 17.5 Å². The van der Waals surface area contributed by atoms with Gasteiger partial charge in [0.1, 0.15) is 22.9 Å². The molecule has 0 spiro atoms. The maximum atomic E-state index is 13.5. The number of pyridine rings is 1. The van der Waals surface area contributed by atoms with Crippen LogP contribution in [0, 0.1) is 5.82 Å². The van der Waals surface area contributed by atoms with Gasteiger partial charge >= 0.3 is 0 Å². The number of fused-ring (bicyclic) bond motifs is 1. The molecular weight excluding hydrogens is 369 g/mol. The number of nitrogen functional groups attached to an aromatic ring is 2. The number of hydrogen-bond acceptors (Lipinski definition) is 5. The second-order valence-electron chi connectivity index (χ2n) is 5.97. The molecule has 0 unspecified atom stereocenters. The largest absolute Gasteiger partial charge is 0.497 e. The van der Waals surface area contributed by atoms with E-state index in [1.54, 1.807) is 19.4 Å². The van der Waals surface area contributed by atoms with E-state index in [9.17, 15) is 4.39 Å². The number of rotatable bonds is 3. The number of nitrogens with zero attached hydrogens (tertiary/aromatic N) is 1. The Bertz CT molecular complexity index is 1170. The standard InChI is InChI=1S/C20H15ClFN3O2/c1-26-12-4-2-3-11(7-12)18-19-16(17(23)20(24)27-19)13(9-25-18)10-5-6-15(22)14(21)8-10/h2-9H,23-24H2,1H3. The average molecular weight is 384 g/mol. The molecule has 7 heteroatoms. The zero-order chi connectivity index (χ0) is 19.1. The van der Waals surface area contributed by atoms with E-state index in [0.717, 1.165) is 5.56 Å². The molecule has 0 amide bonds. The van der Waals surface area contributed by atoms with Crippen molar-refractivity contribution in [3.05, 3.63) is 59.5 Å². The number of methoxy groups -OCH3 is 1. The third-order valence-electron chi connectivity index (χ3n) is 4.35. The van der Waals surface area contributed by atoms with Gasteiger partial charge < -0.3 is 20.6 Å². The van der Waals surface area contributed by atoms with Gasteiger partial charge in [-0.1, -0.05) is 29.8 Å². The minimum Gasteiger partial charge on any atom is -0.497 e. The van der Waals surface area contributed by atoms with Crippen molar-refractivity contribution in [3.63, 3.8) is 0 Å². The molecule has 2 aromatic heterocycles. The number of hydrogen-bond donors (Lipinski definition) is 2. The van der Waals surface area contributed by atoms with Crippen LogP contribution in [0.2, 0.25) is 5.02 Å². The molecule has 2 aromatic carbocycles. The van der Waals surface area contributed by atoms with Gasteiger partial charge in [-0.05, 0) is 29.8 Å². The highest BCUT2D eigenvalue weighted by atomic mass is 35.5. The van der Waals surface area contributed by atoms with E-state index in [-0.39, 0.29) is 10.9 Å². The van der Waals surface area contributed by atoms with E-state index >= 15 is 0 Å². The summed E-state index contributed by atoms with van der Waals surface area (Å²) in [6.45, 7) is 0. The van der Waals surface area contributed by atoms with E-state index in [4.69, 9.17) is 32.2 Å². The normalized spacial score (nSPS) is 11.1. The third kappa shape index (κ3) is 2.84. The van der Waals surface area contributed by atoms with Crippen LogP contribution in [0.25, 0.3) is 33.4 Å². The summed E-state index contributed by atoms with van der Waals surface area (Å²) in [6.07, 6.45) is 1.64. The maximum Gasteiger partial charge on any atom is 0.215 e. The van der Waals surface area contributed by atoms with E-state index in [0.29, 0.717) is 39.2 Å². The summed E-state index contributed by atoms with van der Waals surface area (Å²) >= 11 is 5.93. The Hall–Kier alpha value is -3.25. The highest BCUT2D eigenvalue weighted by Crippen LogP contribution is 2.42. The van der Waals surface area contributed by atoms with E-state index in [1.165, 1.54) is 12.1 Å². The second-order valence-corrected chi connectivity index (χ2v) is 6.37. The minimum absolute atomic E-state index is 0.00700. The molecule has 2 heterocycles. The molecule has 0 saturated heterocycles. The van der Waals surface area contributed by atoms with Crippen molar-refractivity contribution >= 4 is 34.1 Å². The molecule has 0 atom stereocenters. The first-order valence-corrected chi connectivity index (χ1v) is 8.43. The molecule has 4 aromatic rings. The Labute approximate surface area is 159 Å². The molecule has 4 rings (SSSR count). The summed E-state index contributed by atoms with van der Waals surface area (Å²) in [5, 5.41) is 0.607. The molecule has 4 N–H and O–H groups in total. The maximum absolute atomic E-state index is 13.5. The fourth-order valence-electron chi connectivity index (χ4n) is 3.01. The van der Waals surface area contributed by atoms with E-state index in [1.807, 2.05) is 24.3 Å². The lowest BCUT2D eigenvalue weighted by molar-refractivity contribution is 0.415. The lowest BCUT2D eigenvalue weighted by Crippen LogP contribution is -1.93. The van der Waals surface area contributed by atoms with Gasteiger partial charge in [-0.2, -0.15) is 0 Å². The molecule has 0 radical (unpaired) electrons. The van der Waals surface area contributed by atoms with E-state index < -0.39 is 5.82 Å². The van der Waals surface area contributed by atoms with Gasteiger partial charge in [0, 0.05) is 17.3 Å². The van der Waals surface area contributed by atoms with Crippen LogP contribution in [0.3, 0.4) is 0 Å². The average Bonchev–Trinajstić information content (AvgIpc) is 2.98. The van der Waals surface area contributed by atoms with Crippen molar-refractivity contribution in [2.24, 2.45) is 0 Å². The van der Waals surface area contributed by atoms with Gasteiger partial charge in [0.25, 0.3) is 0 Å². The zero-order valence-corrected chi connectivity index (χ0v) is 15.0. The first kappa shape index (κ1) is 17.2. The summed E-state index contributed by atoms with van der Waals surface area (Å²) in [4.78, 5) is 4.54.